The number of benzene rings is 1. The maximum Gasteiger partial charge on any atom is 0.417 e. The van der Waals surface area contributed by atoms with Gasteiger partial charge in [-0.1, -0.05) is 11.6 Å². The van der Waals surface area contributed by atoms with Crippen molar-refractivity contribution in [1.29, 1.82) is 0 Å². The minimum absolute atomic E-state index is 0.0327. The summed E-state index contributed by atoms with van der Waals surface area (Å²) < 4.78 is 69.8. The summed E-state index contributed by atoms with van der Waals surface area (Å²) in [6.07, 6.45) is -2.78. The van der Waals surface area contributed by atoms with Crippen LogP contribution in [0.2, 0.25) is 5.02 Å². The highest BCUT2D eigenvalue weighted by Gasteiger charge is 2.30. The molecule has 0 aliphatic heterocycles. The quantitative estimate of drug-likeness (QED) is 0.456. The van der Waals surface area contributed by atoms with Crippen LogP contribution in [0.25, 0.3) is 5.82 Å². The lowest BCUT2D eigenvalue weighted by Crippen LogP contribution is -2.24. The molecule has 30 heavy (non-hydrogen) atoms. The van der Waals surface area contributed by atoms with Gasteiger partial charge in [-0.05, 0) is 24.3 Å². The Morgan fingerprint density at radius 1 is 1.10 bits per heavy atom. The molecule has 0 unspecified atom stereocenters. The number of hydrogen-bond donors (Lipinski definition) is 1. The van der Waals surface area contributed by atoms with E-state index in [1.54, 1.807) is 0 Å². The van der Waals surface area contributed by atoms with E-state index in [-0.39, 0.29) is 35.4 Å². The molecular formula is C18H12ClF5N4O2. The van der Waals surface area contributed by atoms with Crippen LogP contribution in [0.15, 0.2) is 47.5 Å². The van der Waals surface area contributed by atoms with Gasteiger partial charge >= 0.3 is 6.18 Å². The van der Waals surface area contributed by atoms with E-state index in [0.29, 0.717) is 6.20 Å². The van der Waals surface area contributed by atoms with Crippen LogP contribution in [0, 0.1) is 11.6 Å². The fourth-order valence-electron chi connectivity index (χ4n) is 2.32. The van der Waals surface area contributed by atoms with E-state index in [0.717, 1.165) is 28.9 Å². The van der Waals surface area contributed by atoms with Gasteiger partial charge in [-0.3, -0.25) is 4.79 Å². The second kappa shape index (κ2) is 8.66. The van der Waals surface area contributed by atoms with Crippen molar-refractivity contribution in [3.05, 3.63) is 75.3 Å². The van der Waals surface area contributed by atoms with Crippen molar-refractivity contribution in [1.82, 2.24) is 14.8 Å². The molecule has 0 bridgehead atoms. The Balaban J connectivity index is 1.66. The van der Waals surface area contributed by atoms with Gasteiger partial charge in [-0.15, -0.1) is 0 Å². The van der Waals surface area contributed by atoms with Gasteiger partial charge in [0.2, 0.25) is 0 Å². The van der Waals surface area contributed by atoms with E-state index in [2.05, 4.69) is 15.4 Å². The van der Waals surface area contributed by atoms with Crippen LogP contribution in [0.5, 0.6) is 5.75 Å². The molecule has 0 aliphatic rings. The number of hydrogen-bond acceptors (Lipinski definition) is 5. The van der Waals surface area contributed by atoms with E-state index >= 15 is 0 Å². The molecule has 2 heterocycles. The number of rotatable bonds is 6. The number of nitrogens with zero attached hydrogens (tertiary/aromatic N) is 3. The van der Waals surface area contributed by atoms with Crippen LogP contribution >= 0.6 is 11.6 Å². The first-order valence-electron chi connectivity index (χ1n) is 8.30. The Hall–Kier alpha value is -3.21. The Morgan fingerprint density at radius 2 is 1.87 bits per heavy atom. The highest BCUT2D eigenvalue weighted by Crippen LogP contribution is 2.28. The number of aromatic nitrogens is 3. The second-order valence-electron chi connectivity index (χ2n) is 5.84. The highest BCUT2D eigenvalue weighted by atomic mass is 35.5. The van der Waals surface area contributed by atoms with Crippen molar-refractivity contribution >= 4 is 17.3 Å². The molecule has 0 fully saturated rings. The molecule has 1 aromatic carbocycles. The molecule has 3 aromatic rings. The van der Waals surface area contributed by atoms with Gasteiger partial charge in [0.25, 0.3) is 5.56 Å². The number of pyridine rings is 1. The molecule has 0 aliphatic carbocycles. The summed E-state index contributed by atoms with van der Waals surface area (Å²) in [4.78, 5) is 15.9. The molecule has 0 amide bonds. The topological polar surface area (TPSA) is 69.0 Å². The molecule has 2 aromatic heterocycles. The minimum Gasteiger partial charge on any atom is -0.492 e. The van der Waals surface area contributed by atoms with Crippen molar-refractivity contribution in [2.75, 3.05) is 18.5 Å². The number of ether oxygens (including phenoxy) is 1. The molecule has 0 saturated carbocycles. The minimum atomic E-state index is -4.56. The SMILES string of the molecule is O=c1c(Cl)c(NCCOc2ccc(F)c(F)c2)cnn1-c1ccc(C(F)(F)F)cn1. The highest BCUT2D eigenvalue weighted by molar-refractivity contribution is 6.32. The lowest BCUT2D eigenvalue weighted by Gasteiger charge is -2.11. The molecule has 12 heteroatoms. The lowest BCUT2D eigenvalue weighted by molar-refractivity contribution is -0.137. The van der Waals surface area contributed by atoms with Gasteiger partial charge in [-0.2, -0.15) is 23.0 Å². The van der Waals surface area contributed by atoms with Crippen LogP contribution in [-0.4, -0.2) is 27.9 Å². The van der Waals surface area contributed by atoms with Crippen molar-refractivity contribution in [3.8, 4) is 11.6 Å². The molecular weight excluding hydrogens is 435 g/mol. The van der Waals surface area contributed by atoms with E-state index in [1.807, 2.05) is 0 Å². The molecule has 0 spiro atoms. The summed E-state index contributed by atoms with van der Waals surface area (Å²) in [5, 5.41) is 6.36. The smallest absolute Gasteiger partial charge is 0.417 e. The van der Waals surface area contributed by atoms with Crippen molar-refractivity contribution in [2.45, 2.75) is 6.18 Å². The molecule has 6 nitrogen and oxygen atoms in total. The third-order valence-electron chi connectivity index (χ3n) is 3.79. The fourth-order valence-corrected chi connectivity index (χ4v) is 2.52. The maximum atomic E-state index is 13.1. The molecule has 1 N–H and O–H groups in total. The predicted octanol–water partition coefficient (Wildman–Crippen LogP) is 4.07. The normalized spacial score (nSPS) is 11.4. The van der Waals surface area contributed by atoms with Crippen LogP contribution in [-0.2, 0) is 6.18 Å². The zero-order valence-electron chi connectivity index (χ0n) is 14.9. The van der Waals surface area contributed by atoms with Crippen molar-refractivity contribution in [3.63, 3.8) is 0 Å². The summed E-state index contributed by atoms with van der Waals surface area (Å²) >= 11 is 6.01. The Kier molecular flexibility index (Phi) is 6.20. The average Bonchev–Trinajstić information content (AvgIpc) is 2.70. The molecule has 158 valence electrons. The largest absolute Gasteiger partial charge is 0.492 e. The molecule has 0 atom stereocenters. The van der Waals surface area contributed by atoms with E-state index in [4.69, 9.17) is 16.3 Å². The fraction of sp³-hybridized carbons (Fsp3) is 0.167. The lowest BCUT2D eigenvalue weighted by atomic mass is 10.3. The maximum absolute atomic E-state index is 13.1. The number of alkyl halides is 3. The zero-order chi connectivity index (χ0) is 21.9. The van der Waals surface area contributed by atoms with Crippen LogP contribution in [0.4, 0.5) is 27.6 Å². The Labute approximate surface area is 170 Å². The van der Waals surface area contributed by atoms with Gasteiger partial charge < -0.3 is 10.1 Å². The zero-order valence-corrected chi connectivity index (χ0v) is 15.6. The summed E-state index contributed by atoms with van der Waals surface area (Å²) in [6, 6.07) is 4.84. The third-order valence-corrected chi connectivity index (χ3v) is 4.15. The molecule has 3 rings (SSSR count). The number of anilines is 1. The molecule has 0 saturated heterocycles. The van der Waals surface area contributed by atoms with Gasteiger partial charge in [-0.25, -0.2) is 13.8 Å². The first-order chi connectivity index (χ1) is 14.2. The summed E-state index contributed by atoms with van der Waals surface area (Å²) in [5.41, 5.74) is -1.61. The van der Waals surface area contributed by atoms with Gasteiger partial charge in [0.1, 0.15) is 17.4 Å². The number of nitrogens with one attached hydrogen (secondary N) is 1. The van der Waals surface area contributed by atoms with Crippen LogP contribution < -0.4 is 15.6 Å². The Bertz CT molecular complexity index is 1100. The van der Waals surface area contributed by atoms with Crippen molar-refractivity contribution in [2.24, 2.45) is 0 Å². The monoisotopic (exact) mass is 446 g/mol. The van der Waals surface area contributed by atoms with Gasteiger partial charge in [0.15, 0.2) is 17.5 Å². The standard InChI is InChI=1S/C18H12ClF5N4O2/c19-16-14(25-5-6-30-11-2-3-12(20)13(21)7-11)9-27-28(17(16)29)15-4-1-10(8-26-15)18(22,23)24/h1-4,7-9,25H,5-6H2. The average molecular weight is 447 g/mol. The summed E-state index contributed by atoms with van der Waals surface area (Å²) in [5.74, 6) is -2.07. The van der Waals surface area contributed by atoms with E-state index in [1.165, 1.54) is 12.3 Å². The first kappa shape index (κ1) is 21.5. The second-order valence-corrected chi connectivity index (χ2v) is 6.22. The third kappa shape index (κ3) is 4.85. The van der Waals surface area contributed by atoms with Crippen LogP contribution in [0.1, 0.15) is 5.56 Å². The van der Waals surface area contributed by atoms with Crippen molar-refractivity contribution < 1.29 is 26.7 Å². The number of halogens is 6. The molecule has 0 radical (unpaired) electrons. The van der Waals surface area contributed by atoms with E-state index in [9.17, 15) is 26.7 Å². The first-order valence-corrected chi connectivity index (χ1v) is 8.68. The van der Waals surface area contributed by atoms with Gasteiger partial charge in [0, 0.05) is 18.8 Å². The van der Waals surface area contributed by atoms with Gasteiger partial charge in [0.05, 0.1) is 17.4 Å². The summed E-state index contributed by atoms with van der Waals surface area (Å²) in [7, 11) is 0. The predicted molar refractivity (Wildman–Crippen MR) is 98.0 cm³/mol. The van der Waals surface area contributed by atoms with E-state index < -0.39 is 28.9 Å². The Morgan fingerprint density at radius 3 is 2.50 bits per heavy atom. The van der Waals surface area contributed by atoms with Crippen LogP contribution in [0.3, 0.4) is 0 Å². The summed E-state index contributed by atoms with van der Waals surface area (Å²) in [6.45, 7) is 0.174.